The zero-order chi connectivity index (χ0) is 18.1. The number of benzene rings is 2. The molecule has 0 fully saturated rings. The van der Waals surface area contributed by atoms with Crippen LogP contribution in [-0.2, 0) is 17.1 Å². The molecule has 0 atom stereocenters. The highest BCUT2D eigenvalue weighted by Crippen LogP contribution is 2.15. The van der Waals surface area contributed by atoms with Crippen LogP contribution in [0, 0.1) is 5.82 Å². The highest BCUT2D eigenvalue weighted by atomic mass is 32.2. The summed E-state index contributed by atoms with van der Waals surface area (Å²) in [5, 5.41) is 2.91. The molecule has 1 N–H and O–H groups in total. The smallest absolute Gasteiger partial charge is 0.234 e. The van der Waals surface area contributed by atoms with E-state index in [1.165, 1.54) is 29.5 Å². The number of hydrogen-bond acceptors (Lipinski definition) is 3. The van der Waals surface area contributed by atoms with Gasteiger partial charge in [0.05, 0.1) is 5.75 Å². The quantitative estimate of drug-likeness (QED) is 0.712. The molecule has 0 unspecified atom stereocenters. The van der Waals surface area contributed by atoms with Gasteiger partial charge < -0.3 is 5.32 Å². The molecule has 0 aromatic heterocycles. The van der Waals surface area contributed by atoms with Gasteiger partial charge in [-0.15, -0.1) is 11.8 Å². The normalized spacial score (nSPS) is 10.9. The zero-order valence-corrected chi connectivity index (χ0v) is 15.6. The lowest BCUT2D eigenvalue weighted by atomic mass is 10.2. The van der Waals surface area contributed by atoms with Crippen molar-refractivity contribution in [2.45, 2.75) is 26.1 Å². The molecule has 0 bridgehead atoms. The summed E-state index contributed by atoms with van der Waals surface area (Å²) in [6.45, 7) is 7.29. The Morgan fingerprint density at radius 1 is 1.00 bits per heavy atom. The van der Waals surface area contributed by atoms with Crippen molar-refractivity contribution >= 4 is 23.4 Å². The fourth-order valence-electron chi connectivity index (χ4n) is 2.44. The molecule has 2 aromatic rings. The molecule has 0 saturated heterocycles. The van der Waals surface area contributed by atoms with Gasteiger partial charge in [-0.1, -0.05) is 38.1 Å². The highest BCUT2D eigenvalue weighted by Gasteiger charge is 2.05. The number of hydrogen-bond donors (Lipinski definition) is 1. The van der Waals surface area contributed by atoms with Crippen molar-refractivity contribution in [3.63, 3.8) is 0 Å². The maximum absolute atomic E-state index is 12.8. The van der Waals surface area contributed by atoms with E-state index in [-0.39, 0.29) is 11.7 Å². The lowest BCUT2D eigenvalue weighted by Crippen LogP contribution is -2.22. The first-order valence-electron chi connectivity index (χ1n) is 8.54. The van der Waals surface area contributed by atoms with Crippen LogP contribution in [0.25, 0.3) is 0 Å². The van der Waals surface area contributed by atoms with Crippen molar-refractivity contribution in [3.8, 4) is 0 Å². The number of carbonyl (C=O) groups is 1. The number of anilines is 1. The van der Waals surface area contributed by atoms with Crippen molar-refractivity contribution in [2.75, 3.05) is 24.2 Å². The maximum Gasteiger partial charge on any atom is 0.234 e. The molecule has 2 aromatic carbocycles. The zero-order valence-electron chi connectivity index (χ0n) is 14.8. The van der Waals surface area contributed by atoms with E-state index < -0.39 is 0 Å². The van der Waals surface area contributed by atoms with Crippen LogP contribution in [0.4, 0.5) is 10.1 Å². The van der Waals surface area contributed by atoms with E-state index in [1.54, 1.807) is 12.1 Å². The van der Waals surface area contributed by atoms with Gasteiger partial charge in [-0.25, -0.2) is 4.39 Å². The first kappa shape index (κ1) is 19.5. The van der Waals surface area contributed by atoms with Crippen LogP contribution in [0.15, 0.2) is 48.5 Å². The van der Waals surface area contributed by atoms with Crippen LogP contribution in [0.2, 0.25) is 0 Å². The number of carbonyl (C=O) groups excluding carboxylic acids is 1. The predicted octanol–water partition coefficient (Wildman–Crippen LogP) is 4.54. The first-order chi connectivity index (χ1) is 12.1. The maximum atomic E-state index is 12.8. The standard InChI is InChI=1S/C20H25FN2OS/c1-3-23(4-2)13-16-7-11-19(12-8-16)22-20(24)15-25-14-17-5-9-18(21)10-6-17/h5-12H,3-4,13-15H2,1-2H3,(H,22,24). The Labute approximate surface area is 153 Å². The van der Waals surface area contributed by atoms with Crippen molar-refractivity contribution in [1.82, 2.24) is 4.90 Å². The molecule has 0 aliphatic heterocycles. The largest absolute Gasteiger partial charge is 0.325 e. The van der Waals surface area contributed by atoms with E-state index in [1.807, 2.05) is 12.1 Å². The summed E-state index contributed by atoms with van der Waals surface area (Å²) in [5.41, 5.74) is 3.07. The Morgan fingerprint density at radius 2 is 1.60 bits per heavy atom. The molecule has 2 rings (SSSR count). The number of rotatable bonds is 9. The summed E-state index contributed by atoms with van der Waals surface area (Å²) in [4.78, 5) is 14.4. The van der Waals surface area contributed by atoms with Gasteiger partial charge in [-0.3, -0.25) is 9.69 Å². The van der Waals surface area contributed by atoms with E-state index in [0.717, 1.165) is 30.9 Å². The van der Waals surface area contributed by atoms with Gasteiger partial charge in [0.15, 0.2) is 0 Å². The topological polar surface area (TPSA) is 32.3 Å². The number of amides is 1. The molecule has 0 aliphatic carbocycles. The molecule has 0 saturated carbocycles. The molecule has 5 heteroatoms. The Hall–Kier alpha value is -1.85. The van der Waals surface area contributed by atoms with Gasteiger partial charge in [0.25, 0.3) is 0 Å². The monoisotopic (exact) mass is 360 g/mol. The second kappa shape index (κ2) is 10.2. The molecular weight excluding hydrogens is 335 g/mol. The number of nitrogens with one attached hydrogen (secondary N) is 1. The Kier molecular flexibility index (Phi) is 7.95. The fraction of sp³-hybridized carbons (Fsp3) is 0.350. The second-order valence-corrected chi connectivity index (χ2v) is 6.81. The first-order valence-corrected chi connectivity index (χ1v) is 9.69. The van der Waals surface area contributed by atoms with Crippen molar-refractivity contribution in [3.05, 3.63) is 65.5 Å². The molecule has 25 heavy (non-hydrogen) atoms. The summed E-state index contributed by atoms with van der Waals surface area (Å²) in [5.74, 6) is 0.800. The summed E-state index contributed by atoms with van der Waals surface area (Å²) >= 11 is 1.52. The van der Waals surface area contributed by atoms with E-state index in [9.17, 15) is 9.18 Å². The molecule has 0 radical (unpaired) electrons. The summed E-state index contributed by atoms with van der Waals surface area (Å²) in [6.07, 6.45) is 0. The van der Waals surface area contributed by atoms with Gasteiger partial charge in [-0.05, 0) is 48.5 Å². The lowest BCUT2D eigenvalue weighted by molar-refractivity contribution is -0.113. The van der Waals surface area contributed by atoms with Gasteiger partial charge >= 0.3 is 0 Å². The van der Waals surface area contributed by atoms with Gasteiger partial charge in [0, 0.05) is 18.0 Å². The SMILES string of the molecule is CCN(CC)Cc1ccc(NC(=O)CSCc2ccc(F)cc2)cc1. The molecule has 0 heterocycles. The summed E-state index contributed by atoms with van der Waals surface area (Å²) in [7, 11) is 0. The van der Waals surface area contributed by atoms with Crippen LogP contribution < -0.4 is 5.32 Å². The predicted molar refractivity (Wildman–Crippen MR) is 104 cm³/mol. The molecule has 1 amide bonds. The third-order valence-corrected chi connectivity index (χ3v) is 4.96. The van der Waals surface area contributed by atoms with Gasteiger partial charge in [0.1, 0.15) is 5.82 Å². The van der Waals surface area contributed by atoms with E-state index in [4.69, 9.17) is 0 Å². The average Bonchev–Trinajstić information content (AvgIpc) is 2.63. The molecule has 0 aliphatic rings. The summed E-state index contributed by atoms with van der Waals surface area (Å²) in [6, 6.07) is 14.4. The minimum Gasteiger partial charge on any atom is -0.325 e. The van der Waals surface area contributed by atoms with Crippen LogP contribution in [-0.4, -0.2) is 29.6 Å². The highest BCUT2D eigenvalue weighted by molar-refractivity contribution is 7.99. The molecular formula is C20H25FN2OS. The Morgan fingerprint density at radius 3 is 2.20 bits per heavy atom. The van der Waals surface area contributed by atoms with Crippen LogP contribution in [0.3, 0.4) is 0 Å². The number of halogens is 1. The average molecular weight is 360 g/mol. The third-order valence-electron chi connectivity index (χ3n) is 3.95. The van der Waals surface area contributed by atoms with Crippen LogP contribution in [0.5, 0.6) is 0 Å². The minimum absolute atomic E-state index is 0.0244. The van der Waals surface area contributed by atoms with E-state index in [2.05, 4.69) is 36.2 Å². The Balaban J connectivity index is 1.75. The molecule has 134 valence electrons. The van der Waals surface area contributed by atoms with Crippen molar-refractivity contribution < 1.29 is 9.18 Å². The van der Waals surface area contributed by atoms with E-state index >= 15 is 0 Å². The van der Waals surface area contributed by atoms with Crippen molar-refractivity contribution in [1.29, 1.82) is 0 Å². The number of thioether (sulfide) groups is 1. The van der Waals surface area contributed by atoms with Crippen LogP contribution >= 0.6 is 11.8 Å². The Bertz CT molecular complexity index is 654. The minimum atomic E-state index is -0.240. The van der Waals surface area contributed by atoms with E-state index in [0.29, 0.717) is 11.5 Å². The molecule has 0 spiro atoms. The second-order valence-electron chi connectivity index (χ2n) is 5.83. The van der Waals surface area contributed by atoms with Crippen LogP contribution in [0.1, 0.15) is 25.0 Å². The lowest BCUT2D eigenvalue weighted by Gasteiger charge is -2.18. The third kappa shape index (κ3) is 6.88. The van der Waals surface area contributed by atoms with Crippen molar-refractivity contribution in [2.24, 2.45) is 0 Å². The molecule has 3 nitrogen and oxygen atoms in total. The summed E-state index contributed by atoms with van der Waals surface area (Å²) < 4.78 is 12.8. The van der Waals surface area contributed by atoms with Gasteiger partial charge in [-0.2, -0.15) is 0 Å². The fourth-order valence-corrected chi connectivity index (χ4v) is 3.23. The van der Waals surface area contributed by atoms with Gasteiger partial charge in [0.2, 0.25) is 5.91 Å². The number of nitrogens with zero attached hydrogens (tertiary/aromatic N) is 1.